The molecule has 0 radical (unpaired) electrons. The van der Waals surface area contributed by atoms with Crippen molar-refractivity contribution in [3.05, 3.63) is 36.0 Å². The Morgan fingerprint density at radius 1 is 1.11 bits per heavy atom. The Morgan fingerprint density at radius 3 is 2.00 bits per heavy atom. The molecule has 0 aliphatic heterocycles. The van der Waals surface area contributed by atoms with Crippen LogP contribution in [0.3, 0.4) is 0 Å². The fourth-order valence-electron chi connectivity index (χ4n) is 0.523. The van der Waals surface area contributed by atoms with Gasteiger partial charge in [0.15, 0.2) is 12.4 Å². The van der Waals surface area contributed by atoms with E-state index in [1.807, 2.05) is 30.6 Å². The lowest BCUT2D eigenvalue weighted by Crippen LogP contribution is -2.25. The smallest absolute Gasteiger partial charge is 0.164 e. The summed E-state index contributed by atoms with van der Waals surface area (Å²) in [6, 6.07) is 5.84. The molecule has 2 nitrogen and oxygen atoms in total. The molecule has 9 heavy (non-hydrogen) atoms. The number of rotatable bonds is 1. The summed E-state index contributed by atoms with van der Waals surface area (Å²) in [7, 11) is 1.75. The minimum Gasteiger partial charge on any atom is -0.438 e. The van der Waals surface area contributed by atoms with Crippen LogP contribution in [-0.2, 0) is 0 Å². The molecule has 1 aromatic heterocycles. The van der Waals surface area contributed by atoms with Crippen LogP contribution in [0.1, 0.15) is 7.43 Å². The third-order valence-corrected chi connectivity index (χ3v) is 0.931. The molecule has 0 atom stereocenters. The highest BCUT2D eigenvalue weighted by Gasteiger charge is 1.77. The van der Waals surface area contributed by atoms with E-state index in [0.717, 1.165) is 0 Å². The summed E-state index contributed by atoms with van der Waals surface area (Å²) in [6.07, 6.45) is 3.78. The van der Waals surface area contributed by atoms with Crippen LogP contribution in [0.5, 0.6) is 0 Å². The summed E-state index contributed by atoms with van der Waals surface area (Å²) >= 11 is 0. The van der Waals surface area contributed by atoms with Gasteiger partial charge in [-0.3, -0.25) is 0 Å². The van der Waals surface area contributed by atoms with Gasteiger partial charge in [-0.25, -0.2) is 4.68 Å². The van der Waals surface area contributed by atoms with Gasteiger partial charge in [-0.05, 0) is 0 Å². The van der Waals surface area contributed by atoms with E-state index in [-0.39, 0.29) is 7.43 Å². The molecule has 0 aliphatic rings. The van der Waals surface area contributed by atoms with Crippen LogP contribution in [0.4, 0.5) is 0 Å². The van der Waals surface area contributed by atoms with Crippen molar-refractivity contribution >= 4 is 0 Å². The van der Waals surface area contributed by atoms with E-state index < -0.39 is 0 Å². The van der Waals surface area contributed by atoms with Crippen molar-refractivity contribution < 1.29 is 4.68 Å². The first kappa shape index (κ1) is 7.95. The Kier molecular flexibility index (Phi) is 3.44. The van der Waals surface area contributed by atoms with Gasteiger partial charge < -0.3 is 5.43 Å². The second-order valence-corrected chi connectivity index (χ2v) is 1.46. The summed E-state index contributed by atoms with van der Waals surface area (Å²) in [4.78, 5) is 0. The maximum Gasteiger partial charge on any atom is 0.164 e. The van der Waals surface area contributed by atoms with Crippen molar-refractivity contribution in [2.45, 2.75) is 7.43 Å². The van der Waals surface area contributed by atoms with E-state index >= 15 is 0 Å². The third kappa shape index (κ3) is 2.13. The quantitative estimate of drug-likeness (QED) is 0.503. The summed E-state index contributed by atoms with van der Waals surface area (Å²) in [5.41, 5.74) is 3.89. The molecule has 0 fully saturated rings. The molecular formula is C7H12N2. The minimum absolute atomic E-state index is 0. The predicted molar refractivity (Wildman–Crippen MR) is 38.0 cm³/mol. The molecule has 0 aliphatic carbocycles. The summed E-state index contributed by atoms with van der Waals surface area (Å²) in [6.45, 7) is 0. The molecule has 1 aromatic rings. The third-order valence-electron chi connectivity index (χ3n) is 0.931. The molecule has 0 spiro atoms. The summed E-state index contributed by atoms with van der Waals surface area (Å²) in [5, 5.41) is 0. The summed E-state index contributed by atoms with van der Waals surface area (Å²) in [5.74, 6) is 0. The van der Waals surface area contributed by atoms with Crippen LogP contribution >= 0.6 is 0 Å². The number of nitrogens with zero attached hydrogens (tertiary/aromatic N) is 2. The molecule has 0 saturated carbocycles. The van der Waals surface area contributed by atoms with Crippen LogP contribution < -0.4 is 4.68 Å². The number of hydrogen-bond acceptors (Lipinski definition) is 0. The monoisotopic (exact) mass is 124 g/mol. The second-order valence-electron chi connectivity index (χ2n) is 1.46. The normalized spacial score (nSPS) is 7.67. The highest BCUT2D eigenvalue weighted by molar-refractivity contribution is 4.84. The predicted octanol–water partition coefficient (Wildman–Crippen LogP) is 1.38. The van der Waals surface area contributed by atoms with E-state index in [0.29, 0.717) is 0 Å². The van der Waals surface area contributed by atoms with Gasteiger partial charge >= 0.3 is 0 Å². The van der Waals surface area contributed by atoms with E-state index in [1.54, 1.807) is 11.7 Å². The highest BCUT2D eigenvalue weighted by Crippen LogP contribution is 1.76. The van der Waals surface area contributed by atoms with Crippen molar-refractivity contribution in [1.82, 2.24) is 0 Å². The Labute approximate surface area is 56.1 Å². The zero-order valence-corrected chi connectivity index (χ0v) is 4.78. The van der Waals surface area contributed by atoms with Gasteiger partial charge in [0, 0.05) is 12.1 Å². The number of pyridine rings is 1. The highest BCUT2D eigenvalue weighted by atomic mass is 15.4. The lowest BCUT2D eigenvalue weighted by Gasteiger charge is -2.00. The van der Waals surface area contributed by atoms with Gasteiger partial charge in [0.2, 0.25) is 0 Å². The van der Waals surface area contributed by atoms with Gasteiger partial charge in [0.05, 0.1) is 0 Å². The molecule has 50 valence electrons. The van der Waals surface area contributed by atoms with Gasteiger partial charge in [-0.2, -0.15) is 0 Å². The first-order valence-electron chi connectivity index (χ1n) is 2.50. The fraction of sp³-hybridized carbons (Fsp3) is 0.286. The molecule has 1 rings (SSSR count). The molecule has 0 aromatic carbocycles. The minimum atomic E-state index is 0. The van der Waals surface area contributed by atoms with Gasteiger partial charge in [-0.15, -0.1) is 0 Å². The average Bonchev–Trinajstić information content (AvgIpc) is 1.90. The van der Waals surface area contributed by atoms with Crippen molar-refractivity contribution in [2.75, 3.05) is 7.05 Å². The summed E-state index contributed by atoms with van der Waals surface area (Å²) < 4.78 is 1.75. The average molecular weight is 124 g/mol. The van der Waals surface area contributed by atoms with Crippen LogP contribution in [-0.4, -0.2) is 7.05 Å². The maximum absolute atomic E-state index is 3.89. The first-order chi connectivity index (χ1) is 3.93. The zero-order chi connectivity index (χ0) is 5.82. The zero-order valence-electron chi connectivity index (χ0n) is 4.78. The van der Waals surface area contributed by atoms with Gasteiger partial charge in [-0.1, -0.05) is 20.5 Å². The molecule has 0 bridgehead atoms. The van der Waals surface area contributed by atoms with Crippen LogP contribution in [0, 0.1) is 0 Å². The molecule has 0 N–H and O–H groups in total. The molecule has 0 unspecified atom stereocenters. The lowest BCUT2D eigenvalue weighted by atomic mass is 10.5. The molecule has 0 saturated heterocycles. The van der Waals surface area contributed by atoms with E-state index in [9.17, 15) is 0 Å². The Balaban J connectivity index is 0.000000640. The van der Waals surface area contributed by atoms with Gasteiger partial charge in [0.1, 0.15) is 0 Å². The van der Waals surface area contributed by atoms with Crippen molar-refractivity contribution in [2.24, 2.45) is 0 Å². The Morgan fingerprint density at radius 2 is 1.67 bits per heavy atom. The molecular weight excluding hydrogens is 112 g/mol. The van der Waals surface area contributed by atoms with Crippen LogP contribution in [0.15, 0.2) is 30.6 Å². The van der Waals surface area contributed by atoms with Crippen molar-refractivity contribution in [1.29, 1.82) is 0 Å². The molecule has 2 heteroatoms. The maximum atomic E-state index is 3.89. The van der Waals surface area contributed by atoms with Crippen LogP contribution in [0.25, 0.3) is 5.43 Å². The lowest BCUT2D eigenvalue weighted by molar-refractivity contribution is -0.623. The largest absolute Gasteiger partial charge is 0.438 e. The van der Waals surface area contributed by atoms with Crippen molar-refractivity contribution in [3.63, 3.8) is 0 Å². The van der Waals surface area contributed by atoms with E-state index in [4.69, 9.17) is 0 Å². The Hall–Kier alpha value is -1.05. The Bertz CT molecular complexity index is 148. The molecule has 1 heterocycles. The number of hydrogen-bond donors (Lipinski definition) is 0. The number of aromatic nitrogens is 1. The van der Waals surface area contributed by atoms with Gasteiger partial charge in [0.25, 0.3) is 0 Å². The van der Waals surface area contributed by atoms with Crippen LogP contribution in [0.2, 0.25) is 0 Å². The van der Waals surface area contributed by atoms with E-state index in [1.165, 1.54) is 0 Å². The van der Waals surface area contributed by atoms with Crippen molar-refractivity contribution in [3.8, 4) is 0 Å². The van der Waals surface area contributed by atoms with E-state index in [2.05, 4.69) is 5.43 Å². The topological polar surface area (TPSA) is 18.0 Å². The second kappa shape index (κ2) is 3.89. The fourth-order valence-corrected chi connectivity index (χ4v) is 0.523. The SMILES string of the molecule is C.C[N-][n+]1ccccc1. The molecule has 0 amide bonds. The standard InChI is InChI=1S/C6H8N2.CH4/c1-7-8-5-3-2-4-6-8;/h2-6H,1H3;1H4. The first-order valence-corrected chi connectivity index (χ1v) is 2.50.